The van der Waals surface area contributed by atoms with Gasteiger partial charge in [-0.1, -0.05) is 30.7 Å². The van der Waals surface area contributed by atoms with Crippen LogP contribution < -0.4 is 0 Å². The molecule has 0 spiro atoms. The molecular weight excluding hydrogens is 302 g/mol. The van der Waals surface area contributed by atoms with E-state index in [1.54, 1.807) is 4.68 Å². The highest BCUT2D eigenvalue weighted by Gasteiger charge is 2.21. The molecule has 22 heavy (non-hydrogen) atoms. The van der Waals surface area contributed by atoms with E-state index in [0.717, 1.165) is 16.9 Å². The first-order valence-electron chi connectivity index (χ1n) is 7.17. The minimum absolute atomic E-state index is 0.497. The number of carboxylic acid groups (broad SMARTS) is 1. The van der Waals surface area contributed by atoms with Crippen molar-refractivity contribution < 1.29 is 9.90 Å². The van der Waals surface area contributed by atoms with Crippen LogP contribution in [0.15, 0.2) is 30.5 Å². The van der Waals surface area contributed by atoms with E-state index in [1.165, 1.54) is 0 Å². The van der Waals surface area contributed by atoms with Crippen LogP contribution in [-0.4, -0.2) is 38.8 Å². The molecule has 0 aliphatic carbocycles. The number of aliphatic carboxylic acids is 1. The molecule has 0 aliphatic heterocycles. The first-order valence-corrected chi connectivity index (χ1v) is 7.55. The second kappa shape index (κ2) is 6.94. The van der Waals surface area contributed by atoms with Crippen molar-refractivity contribution in [3.05, 3.63) is 46.7 Å². The van der Waals surface area contributed by atoms with Crippen molar-refractivity contribution in [2.24, 2.45) is 0 Å². The highest BCUT2D eigenvalue weighted by molar-refractivity contribution is 6.32. The van der Waals surface area contributed by atoms with E-state index in [2.05, 4.69) is 5.10 Å². The van der Waals surface area contributed by atoms with Crippen LogP contribution in [0.3, 0.4) is 0 Å². The third-order valence-electron chi connectivity index (χ3n) is 3.72. The van der Waals surface area contributed by atoms with Crippen LogP contribution in [0.1, 0.15) is 24.6 Å². The standard InChI is InChI=1S/C16H20ClN3O2/c1-4-14(16(21)22)19(3)9-12-10-20(18-11(12)2)15-8-6-5-7-13(15)17/h5-8,10,14H,4,9H2,1-3H3,(H,21,22)/t14-/m1/s1. The molecule has 1 atom stereocenters. The maximum atomic E-state index is 11.2. The summed E-state index contributed by atoms with van der Waals surface area (Å²) in [5, 5.41) is 14.3. The molecule has 0 unspecified atom stereocenters. The Balaban J connectivity index is 2.24. The molecular formula is C16H20ClN3O2. The summed E-state index contributed by atoms with van der Waals surface area (Å²) in [6.07, 6.45) is 2.46. The lowest BCUT2D eigenvalue weighted by Crippen LogP contribution is -2.37. The van der Waals surface area contributed by atoms with Crippen molar-refractivity contribution in [3.8, 4) is 5.69 Å². The van der Waals surface area contributed by atoms with Gasteiger partial charge < -0.3 is 5.11 Å². The van der Waals surface area contributed by atoms with Crippen molar-refractivity contribution in [2.45, 2.75) is 32.9 Å². The van der Waals surface area contributed by atoms with Crippen LogP contribution in [0.2, 0.25) is 5.02 Å². The summed E-state index contributed by atoms with van der Waals surface area (Å²) in [5.41, 5.74) is 2.67. The quantitative estimate of drug-likeness (QED) is 0.888. The van der Waals surface area contributed by atoms with E-state index in [-0.39, 0.29) is 0 Å². The van der Waals surface area contributed by atoms with Crippen molar-refractivity contribution in [3.63, 3.8) is 0 Å². The molecule has 0 bridgehead atoms. The van der Waals surface area contributed by atoms with Gasteiger partial charge in [-0.2, -0.15) is 5.10 Å². The molecule has 1 heterocycles. The summed E-state index contributed by atoms with van der Waals surface area (Å²) < 4.78 is 1.74. The number of nitrogens with zero attached hydrogens (tertiary/aromatic N) is 3. The molecule has 2 aromatic rings. The third kappa shape index (κ3) is 3.48. The number of hydrogen-bond acceptors (Lipinski definition) is 3. The number of likely N-dealkylation sites (N-methyl/N-ethyl adjacent to an activating group) is 1. The van der Waals surface area contributed by atoms with E-state index < -0.39 is 12.0 Å². The van der Waals surface area contributed by atoms with Gasteiger partial charge in [0, 0.05) is 18.3 Å². The van der Waals surface area contributed by atoms with Crippen LogP contribution >= 0.6 is 11.6 Å². The summed E-state index contributed by atoms with van der Waals surface area (Å²) in [6.45, 7) is 4.31. The van der Waals surface area contributed by atoms with Crippen molar-refractivity contribution in [1.29, 1.82) is 0 Å². The zero-order valence-electron chi connectivity index (χ0n) is 13.0. The molecule has 5 nitrogen and oxygen atoms in total. The number of benzene rings is 1. The molecule has 2 rings (SSSR count). The predicted octanol–water partition coefficient (Wildman–Crippen LogP) is 3.13. The average Bonchev–Trinajstić information content (AvgIpc) is 2.80. The number of carboxylic acids is 1. The molecule has 0 radical (unpaired) electrons. The van der Waals surface area contributed by atoms with Gasteiger partial charge >= 0.3 is 5.97 Å². The van der Waals surface area contributed by atoms with Gasteiger partial charge in [-0.25, -0.2) is 4.68 Å². The molecule has 0 fully saturated rings. The normalized spacial score (nSPS) is 12.6. The largest absolute Gasteiger partial charge is 0.480 e. The van der Waals surface area contributed by atoms with Crippen LogP contribution in [0.4, 0.5) is 0 Å². The maximum Gasteiger partial charge on any atom is 0.320 e. The van der Waals surface area contributed by atoms with E-state index in [4.69, 9.17) is 11.6 Å². The first-order chi connectivity index (χ1) is 10.4. The van der Waals surface area contributed by atoms with Gasteiger partial charge in [0.15, 0.2) is 0 Å². The number of para-hydroxylation sites is 1. The first kappa shape index (κ1) is 16.5. The topological polar surface area (TPSA) is 58.4 Å². The molecule has 1 aromatic carbocycles. The van der Waals surface area contributed by atoms with Crippen LogP contribution in [0.25, 0.3) is 5.69 Å². The Bertz CT molecular complexity index is 669. The summed E-state index contributed by atoms with van der Waals surface area (Å²) in [4.78, 5) is 13.1. The van der Waals surface area contributed by atoms with Gasteiger partial charge in [0.2, 0.25) is 0 Å². The molecule has 1 N–H and O–H groups in total. The fourth-order valence-corrected chi connectivity index (χ4v) is 2.69. The summed E-state index contributed by atoms with van der Waals surface area (Å²) in [5.74, 6) is -0.804. The average molecular weight is 322 g/mol. The summed E-state index contributed by atoms with van der Waals surface area (Å²) in [7, 11) is 1.81. The lowest BCUT2D eigenvalue weighted by molar-refractivity contribution is -0.143. The number of rotatable bonds is 6. The molecule has 0 saturated carbocycles. The van der Waals surface area contributed by atoms with E-state index in [9.17, 15) is 9.90 Å². The third-order valence-corrected chi connectivity index (χ3v) is 4.04. The molecule has 6 heteroatoms. The van der Waals surface area contributed by atoms with Gasteiger partial charge in [0.25, 0.3) is 0 Å². The van der Waals surface area contributed by atoms with Crippen LogP contribution in [-0.2, 0) is 11.3 Å². The highest BCUT2D eigenvalue weighted by atomic mass is 35.5. The number of halogens is 1. The molecule has 118 valence electrons. The SMILES string of the molecule is CC[C@H](C(=O)O)N(C)Cc1cn(-c2ccccc2Cl)nc1C. The molecule has 0 aliphatic rings. The fourth-order valence-electron chi connectivity index (χ4n) is 2.47. The van der Waals surface area contributed by atoms with Crippen molar-refractivity contribution in [2.75, 3.05) is 7.05 Å². The zero-order valence-corrected chi connectivity index (χ0v) is 13.7. The van der Waals surface area contributed by atoms with Crippen LogP contribution in [0.5, 0.6) is 0 Å². The Hall–Kier alpha value is -1.85. The summed E-state index contributed by atoms with van der Waals surface area (Å²) >= 11 is 6.19. The lowest BCUT2D eigenvalue weighted by atomic mass is 10.1. The Morgan fingerprint density at radius 2 is 2.14 bits per heavy atom. The Morgan fingerprint density at radius 1 is 1.45 bits per heavy atom. The van der Waals surface area contributed by atoms with Crippen molar-refractivity contribution >= 4 is 17.6 Å². The van der Waals surface area contributed by atoms with Crippen molar-refractivity contribution in [1.82, 2.24) is 14.7 Å². The zero-order chi connectivity index (χ0) is 16.3. The van der Waals surface area contributed by atoms with Gasteiger partial charge in [0.05, 0.1) is 16.4 Å². The molecule has 0 saturated heterocycles. The fraction of sp³-hybridized carbons (Fsp3) is 0.375. The lowest BCUT2D eigenvalue weighted by Gasteiger charge is -2.22. The van der Waals surface area contributed by atoms with Gasteiger partial charge in [-0.05, 0) is 32.5 Å². The highest BCUT2D eigenvalue weighted by Crippen LogP contribution is 2.21. The Kier molecular flexibility index (Phi) is 5.21. The number of aryl methyl sites for hydroxylation is 1. The molecule has 0 amide bonds. The summed E-state index contributed by atoms with van der Waals surface area (Å²) in [6, 6.07) is 6.99. The van der Waals surface area contributed by atoms with E-state index >= 15 is 0 Å². The minimum atomic E-state index is -0.804. The number of hydrogen-bond donors (Lipinski definition) is 1. The maximum absolute atomic E-state index is 11.2. The van der Waals surface area contributed by atoms with Gasteiger partial charge in [-0.15, -0.1) is 0 Å². The Labute approximate surface area is 135 Å². The van der Waals surface area contributed by atoms with E-state index in [0.29, 0.717) is 18.0 Å². The second-order valence-electron chi connectivity index (χ2n) is 5.31. The predicted molar refractivity (Wildman–Crippen MR) is 86.5 cm³/mol. The minimum Gasteiger partial charge on any atom is -0.480 e. The van der Waals surface area contributed by atoms with Gasteiger partial charge in [-0.3, -0.25) is 9.69 Å². The van der Waals surface area contributed by atoms with Gasteiger partial charge in [0.1, 0.15) is 6.04 Å². The molecule has 1 aromatic heterocycles. The smallest absolute Gasteiger partial charge is 0.320 e. The van der Waals surface area contributed by atoms with Crippen LogP contribution in [0, 0.1) is 6.92 Å². The number of aromatic nitrogens is 2. The monoisotopic (exact) mass is 321 g/mol. The Morgan fingerprint density at radius 3 is 2.73 bits per heavy atom. The number of carbonyl (C=O) groups is 1. The van der Waals surface area contributed by atoms with E-state index in [1.807, 2.05) is 56.3 Å². The second-order valence-corrected chi connectivity index (χ2v) is 5.72.